The lowest BCUT2D eigenvalue weighted by atomic mass is 10.1. The molecule has 20 heavy (non-hydrogen) atoms. The van der Waals surface area contributed by atoms with Gasteiger partial charge in [-0.05, 0) is 35.2 Å². The fraction of sp³-hybridized carbons (Fsp3) is 0.0588. The Hall–Kier alpha value is -2.26. The molecule has 1 aromatic heterocycles. The first-order valence-electron chi connectivity index (χ1n) is 6.24. The average Bonchev–Trinajstić information content (AvgIpc) is 2.97. The summed E-state index contributed by atoms with van der Waals surface area (Å²) in [5.41, 5.74) is 0.947. The van der Waals surface area contributed by atoms with Crippen molar-refractivity contribution in [1.29, 1.82) is 0 Å². The van der Waals surface area contributed by atoms with Gasteiger partial charge in [-0.25, -0.2) is 0 Å². The molecule has 0 saturated heterocycles. The lowest BCUT2D eigenvalue weighted by molar-refractivity contribution is -0.121. The van der Waals surface area contributed by atoms with Crippen LogP contribution in [0.15, 0.2) is 60.0 Å². The van der Waals surface area contributed by atoms with E-state index < -0.39 is 0 Å². The smallest absolute Gasteiger partial charge is 0.163 e. The van der Waals surface area contributed by atoms with Crippen molar-refractivity contribution in [2.45, 2.75) is 6.42 Å². The van der Waals surface area contributed by atoms with Crippen LogP contribution in [0.25, 0.3) is 12.2 Å². The molecule has 0 N–H and O–H groups in total. The molecule has 2 rings (SSSR count). The summed E-state index contributed by atoms with van der Waals surface area (Å²) in [5.74, 6) is -0.365. The van der Waals surface area contributed by atoms with Gasteiger partial charge in [-0.3, -0.25) is 9.59 Å². The molecule has 2 aromatic rings. The molecule has 0 aliphatic heterocycles. The van der Waals surface area contributed by atoms with E-state index in [9.17, 15) is 9.59 Å². The number of rotatable bonds is 6. The monoisotopic (exact) mass is 282 g/mol. The molecular formula is C17H14O2S. The lowest BCUT2D eigenvalue weighted by Crippen LogP contribution is -2.01. The summed E-state index contributed by atoms with van der Waals surface area (Å²) in [5, 5.41) is 1.94. The summed E-state index contributed by atoms with van der Waals surface area (Å²) >= 11 is 1.55. The van der Waals surface area contributed by atoms with Crippen molar-refractivity contribution in [2.24, 2.45) is 0 Å². The van der Waals surface area contributed by atoms with E-state index in [0.717, 1.165) is 10.4 Å². The summed E-state index contributed by atoms with van der Waals surface area (Å²) in [7, 11) is 0. The van der Waals surface area contributed by atoms with Crippen LogP contribution in [0.2, 0.25) is 0 Å². The van der Waals surface area contributed by atoms with Gasteiger partial charge in [-0.1, -0.05) is 42.5 Å². The van der Waals surface area contributed by atoms with E-state index in [-0.39, 0.29) is 18.0 Å². The van der Waals surface area contributed by atoms with Crippen LogP contribution in [0.3, 0.4) is 0 Å². The standard InChI is InChI=1S/C17H14O2S/c18-15(9-8-14-5-2-1-3-6-14)13-16(19)10-11-17-7-4-12-20-17/h1-12H,13H2/b9-8+,11-10+. The summed E-state index contributed by atoms with van der Waals surface area (Å²) in [6.45, 7) is 0. The Bertz CT molecular complexity index is 622. The molecular weight excluding hydrogens is 268 g/mol. The summed E-state index contributed by atoms with van der Waals surface area (Å²) < 4.78 is 0. The third kappa shape index (κ3) is 4.78. The number of allylic oxidation sites excluding steroid dienone is 2. The molecule has 1 aromatic carbocycles. The third-order valence-corrected chi connectivity index (χ3v) is 3.42. The van der Waals surface area contributed by atoms with Gasteiger partial charge in [0.25, 0.3) is 0 Å². The van der Waals surface area contributed by atoms with E-state index in [1.807, 2.05) is 47.8 Å². The fourth-order valence-corrected chi connectivity index (χ4v) is 2.22. The third-order valence-electron chi connectivity index (χ3n) is 2.59. The molecule has 3 heteroatoms. The second kappa shape index (κ2) is 7.36. The largest absolute Gasteiger partial charge is 0.294 e. The minimum absolute atomic E-state index is 0.0921. The van der Waals surface area contributed by atoms with E-state index in [1.165, 1.54) is 12.2 Å². The molecule has 0 aliphatic rings. The van der Waals surface area contributed by atoms with Gasteiger partial charge in [-0.15, -0.1) is 11.3 Å². The van der Waals surface area contributed by atoms with Gasteiger partial charge in [0.1, 0.15) is 0 Å². The van der Waals surface area contributed by atoms with Crippen molar-refractivity contribution in [3.8, 4) is 0 Å². The SMILES string of the molecule is O=C(/C=C/c1ccccc1)CC(=O)/C=C/c1cccs1. The van der Waals surface area contributed by atoms with Crippen LogP contribution in [-0.4, -0.2) is 11.6 Å². The minimum Gasteiger partial charge on any atom is -0.294 e. The maximum atomic E-state index is 11.6. The van der Waals surface area contributed by atoms with E-state index >= 15 is 0 Å². The number of carbonyl (C=O) groups excluding carboxylic acids is 2. The molecule has 0 radical (unpaired) electrons. The second-order valence-electron chi connectivity index (χ2n) is 4.20. The molecule has 2 nitrogen and oxygen atoms in total. The van der Waals surface area contributed by atoms with Crippen molar-refractivity contribution in [1.82, 2.24) is 0 Å². The fourth-order valence-electron chi connectivity index (χ4n) is 1.60. The summed E-state index contributed by atoms with van der Waals surface area (Å²) in [6.07, 6.45) is 6.28. The zero-order valence-corrected chi connectivity index (χ0v) is 11.7. The Morgan fingerprint density at radius 2 is 1.60 bits per heavy atom. The highest BCUT2D eigenvalue weighted by Gasteiger charge is 2.03. The van der Waals surface area contributed by atoms with Crippen molar-refractivity contribution in [2.75, 3.05) is 0 Å². The van der Waals surface area contributed by atoms with E-state index in [4.69, 9.17) is 0 Å². The Labute approximate surface area is 122 Å². The van der Waals surface area contributed by atoms with Crippen LogP contribution in [-0.2, 0) is 9.59 Å². The van der Waals surface area contributed by atoms with E-state index in [1.54, 1.807) is 23.5 Å². The van der Waals surface area contributed by atoms with Crippen molar-refractivity contribution >= 4 is 35.1 Å². The van der Waals surface area contributed by atoms with E-state index in [2.05, 4.69) is 0 Å². The topological polar surface area (TPSA) is 34.1 Å². The zero-order chi connectivity index (χ0) is 14.2. The minimum atomic E-state index is -0.185. The van der Waals surface area contributed by atoms with Crippen molar-refractivity contribution < 1.29 is 9.59 Å². The average molecular weight is 282 g/mol. The van der Waals surface area contributed by atoms with Gasteiger partial charge in [-0.2, -0.15) is 0 Å². The highest BCUT2D eigenvalue weighted by molar-refractivity contribution is 7.10. The summed E-state index contributed by atoms with van der Waals surface area (Å²) in [6, 6.07) is 13.4. The molecule has 0 spiro atoms. The van der Waals surface area contributed by atoms with Crippen molar-refractivity contribution in [3.63, 3.8) is 0 Å². The lowest BCUT2D eigenvalue weighted by Gasteiger charge is -1.92. The van der Waals surface area contributed by atoms with Crippen LogP contribution in [0.1, 0.15) is 16.9 Å². The zero-order valence-electron chi connectivity index (χ0n) is 10.9. The van der Waals surface area contributed by atoms with E-state index in [0.29, 0.717) is 0 Å². The first-order valence-corrected chi connectivity index (χ1v) is 7.12. The Morgan fingerprint density at radius 3 is 2.25 bits per heavy atom. The molecule has 100 valence electrons. The number of hydrogen-bond acceptors (Lipinski definition) is 3. The van der Waals surface area contributed by atoms with Crippen molar-refractivity contribution in [3.05, 3.63) is 70.4 Å². The first kappa shape index (κ1) is 14.2. The first-order chi connectivity index (χ1) is 9.74. The van der Waals surface area contributed by atoms with Gasteiger partial charge in [0.15, 0.2) is 11.6 Å². The molecule has 0 bridgehead atoms. The Balaban J connectivity index is 1.85. The molecule has 0 unspecified atom stereocenters. The Kier molecular flexibility index (Phi) is 5.21. The predicted octanol–water partition coefficient (Wildman–Crippen LogP) is 4.00. The van der Waals surface area contributed by atoms with Crippen LogP contribution in [0, 0.1) is 0 Å². The quantitative estimate of drug-likeness (QED) is 0.592. The molecule has 0 fully saturated rings. The number of ketones is 2. The predicted molar refractivity (Wildman–Crippen MR) is 83.5 cm³/mol. The molecule has 0 atom stereocenters. The van der Waals surface area contributed by atoms with Gasteiger partial charge in [0.05, 0.1) is 6.42 Å². The highest BCUT2D eigenvalue weighted by atomic mass is 32.1. The highest BCUT2D eigenvalue weighted by Crippen LogP contribution is 2.10. The van der Waals surface area contributed by atoms with Gasteiger partial charge in [0, 0.05) is 4.88 Å². The number of carbonyl (C=O) groups is 2. The normalized spacial score (nSPS) is 11.2. The molecule has 0 amide bonds. The Morgan fingerprint density at radius 1 is 0.900 bits per heavy atom. The van der Waals surface area contributed by atoms with Crippen LogP contribution < -0.4 is 0 Å². The summed E-state index contributed by atoms with van der Waals surface area (Å²) in [4.78, 5) is 24.3. The number of thiophene rings is 1. The number of hydrogen-bond donors (Lipinski definition) is 0. The molecule has 0 aliphatic carbocycles. The van der Waals surface area contributed by atoms with Gasteiger partial charge < -0.3 is 0 Å². The molecule has 0 saturated carbocycles. The molecule has 1 heterocycles. The van der Waals surface area contributed by atoms with Crippen LogP contribution in [0.5, 0.6) is 0 Å². The number of benzene rings is 1. The van der Waals surface area contributed by atoms with Crippen LogP contribution >= 0.6 is 11.3 Å². The van der Waals surface area contributed by atoms with Gasteiger partial charge >= 0.3 is 0 Å². The maximum Gasteiger partial charge on any atom is 0.163 e. The second-order valence-corrected chi connectivity index (χ2v) is 5.18. The maximum absolute atomic E-state index is 11.6. The van der Waals surface area contributed by atoms with Gasteiger partial charge in [0.2, 0.25) is 0 Å². The van der Waals surface area contributed by atoms with Crippen LogP contribution in [0.4, 0.5) is 0 Å².